The topological polar surface area (TPSA) is 42.4 Å². The number of fused-ring (bicyclic) bond motifs is 1. The van der Waals surface area contributed by atoms with Gasteiger partial charge in [0.25, 0.3) is 5.91 Å². The van der Waals surface area contributed by atoms with E-state index in [9.17, 15) is 18.0 Å². The second-order valence-corrected chi connectivity index (χ2v) is 5.97. The van der Waals surface area contributed by atoms with Gasteiger partial charge in [-0.1, -0.05) is 25.1 Å². The van der Waals surface area contributed by atoms with E-state index in [1.165, 1.54) is 18.3 Å². The highest BCUT2D eigenvalue weighted by Crippen LogP contribution is 2.36. The molecule has 0 radical (unpaired) electrons. The van der Waals surface area contributed by atoms with Crippen molar-refractivity contribution in [1.82, 2.24) is 4.98 Å². The Morgan fingerprint density at radius 1 is 1.28 bits per heavy atom. The number of benzene rings is 1. The van der Waals surface area contributed by atoms with Crippen LogP contribution in [0.25, 0.3) is 0 Å². The largest absolute Gasteiger partial charge is 0.467 e. The number of carbonyl (C=O) groups is 1. The highest BCUT2D eigenvalue weighted by atomic mass is 19.4. The van der Waals surface area contributed by atoms with Gasteiger partial charge in [0.05, 0.1) is 0 Å². The van der Waals surface area contributed by atoms with E-state index in [-0.39, 0.29) is 11.4 Å². The minimum atomic E-state index is -4.50. The minimum absolute atomic E-state index is 0.0242. The van der Waals surface area contributed by atoms with Gasteiger partial charge in [0.2, 0.25) is 5.88 Å². The molecular formula is C18H17F3N2O2. The van der Waals surface area contributed by atoms with E-state index >= 15 is 0 Å². The maximum atomic E-state index is 12.9. The number of pyridine rings is 1. The van der Waals surface area contributed by atoms with Gasteiger partial charge in [0, 0.05) is 18.4 Å². The molecule has 1 aliphatic heterocycles. The van der Waals surface area contributed by atoms with Crippen LogP contribution in [0.5, 0.6) is 5.88 Å². The number of nitrogens with zero attached hydrogens (tertiary/aromatic N) is 2. The van der Waals surface area contributed by atoms with Gasteiger partial charge in [-0.25, -0.2) is 4.98 Å². The number of para-hydroxylation sites is 1. The molecule has 132 valence electrons. The minimum Gasteiger partial charge on any atom is -0.467 e. The van der Waals surface area contributed by atoms with Crippen LogP contribution < -0.4 is 9.64 Å². The van der Waals surface area contributed by atoms with Crippen LogP contribution in [0.1, 0.15) is 35.2 Å². The molecule has 0 N–H and O–H groups in total. The zero-order valence-corrected chi connectivity index (χ0v) is 13.6. The summed E-state index contributed by atoms with van der Waals surface area (Å²) in [5.41, 5.74) is 1.84. The van der Waals surface area contributed by atoms with Crippen molar-refractivity contribution in [1.29, 1.82) is 0 Å². The third-order valence-electron chi connectivity index (χ3n) is 4.16. The van der Waals surface area contributed by atoms with Gasteiger partial charge < -0.3 is 9.64 Å². The Labute approximate surface area is 143 Å². The molecule has 1 aliphatic rings. The predicted octanol–water partition coefficient (Wildman–Crippen LogP) is 4.18. The molecule has 2 aromatic rings. The molecule has 7 heteroatoms. The Morgan fingerprint density at radius 3 is 2.80 bits per heavy atom. The molecule has 4 nitrogen and oxygen atoms in total. The zero-order chi connectivity index (χ0) is 18.0. The molecule has 1 atom stereocenters. The van der Waals surface area contributed by atoms with Gasteiger partial charge in [-0.2, -0.15) is 13.2 Å². The molecule has 1 aromatic carbocycles. The molecular weight excluding hydrogens is 333 g/mol. The Balaban J connectivity index is 1.91. The highest BCUT2D eigenvalue weighted by Gasteiger charge is 2.32. The van der Waals surface area contributed by atoms with E-state index in [0.717, 1.165) is 17.7 Å². The molecule has 0 spiro atoms. The SMILES string of the molecule is C[C@H]1CCN(C(=O)c2cccnc2OCC(F)(F)F)c2ccccc21. The summed E-state index contributed by atoms with van der Waals surface area (Å²) < 4.78 is 42.0. The number of rotatable bonds is 3. The number of amides is 1. The third kappa shape index (κ3) is 3.75. The molecule has 0 fully saturated rings. The van der Waals surface area contributed by atoms with E-state index in [2.05, 4.69) is 11.9 Å². The predicted molar refractivity (Wildman–Crippen MR) is 86.9 cm³/mol. The Hall–Kier alpha value is -2.57. The summed E-state index contributed by atoms with van der Waals surface area (Å²) >= 11 is 0. The Kier molecular flexibility index (Phi) is 4.65. The smallest absolute Gasteiger partial charge is 0.422 e. The van der Waals surface area contributed by atoms with Crippen LogP contribution in [0.2, 0.25) is 0 Å². The number of ether oxygens (including phenoxy) is 1. The Morgan fingerprint density at radius 2 is 2.04 bits per heavy atom. The molecule has 25 heavy (non-hydrogen) atoms. The number of hydrogen-bond donors (Lipinski definition) is 0. The van der Waals surface area contributed by atoms with Crippen LogP contribution in [0.15, 0.2) is 42.6 Å². The van der Waals surface area contributed by atoms with Crippen LogP contribution in [0.3, 0.4) is 0 Å². The molecule has 0 saturated heterocycles. The number of alkyl halides is 3. The van der Waals surface area contributed by atoms with E-state index in [4.69, 9.17) is 4.74 Å². The molecule has 1 aromatic heterocycles. The van der Waals surface area contributed by atoms with Gasteiger partial charge in [0.1, 0.15) is 5.56 Å². The number of aromatic nitrogens is 1. The van der Waals surface area contributed by atoms with Crippen molar-refractivity contribution in [2.24, 2.45) is 0 Å². The first-order valence-corrected chi connectivity index (χ1v) is 7.92. The lowest BCUT2D eigenvalue weighted by molar-refractivity contribution is -0.154. The zero-order valence-electron chi connectivity index (χ0n) is 13.6. The van der Waals surface area contributed by atoms with Crippen LogP contribution in [-0.2, 0) is 0 Å². The summed E-state index contributed by atoms with van der Waals surface area (Å²) in [6, 6.07) is 10.5. The molecule has 0 unspecified atom stereocenters. The fourth-order valence-corrected chi connectivity index (χ4v) is 2.92. The lowest BCUT2D eigenvalue weighted by Gasteiger charge is -2.33. The molecule has 0 aliphatic carbocycles. The van der Waals surface area contributed by atoms with Crippen LogP contribution in [0, 0.1) is 0 Å². The van der Waals surface area contributed by atoms with E-state index in [1.54, 1.807) is 4.90 Å². The maximum absolute atomic E-state index is 12.9. The van der Waals surface area contributed by atoms with Crippen LogP contribution in [-0.4, -0.2) is 30.2 Å². The van der Waals surface area contributed by atoms with Gasteiger partial charge in [0.15, 0.2) is 6.61 Å². The van der Waals surface area contributed by atoms with Crippen molar-refractivity contribution >= 4 is 11.6 Å². The van der Waals surface area contributed by atoms with Crippen molar-refractivity contribution in [3.63, 3.8) is 0 Å². The van der Waals surface area contributed by atoms with Gasteiger partial charge in [-0.15, -0.1) is 0 Å². The molecule has 1 amide bonds. The number of halogens is 3. The average Bonchev–Trinajstić information content (AvgIpc) is 2.60. The van der Waals surface area contributed by atoms with E-state index < -0.39 is 18.7 Å². The molecule has 0 saturated carbocycles. The van der Waals surface area contributed by atoms with Crippen molar-refractivity contribution in [3.8, 4) is 5.88 Å². The first kappa shape index (κ1) is 17.3. The number of anilines is 1. The van der Waals surface area contributed by atoms with Crippen molar-refractivity contribution in [2.75, 3.05) is 18.1 Å². The lowest BCUT2D eigenvalue weighted by Crippen LogP contribution is -2.36. The summed E-state index contributed by atoms with van der Waals surface area (Å²) in [5, 5.41) is 0. The summed E-state index contributed by atoms with van der Waals surface area (Å²) in [6.07, 6.45) is -2.42. The standard InChI is InChI=1S/C18H17F3N2O2/c1-12-8-10-23(15-7-3-2-5-13(12)15)17(24)14-6-4-9-22-16(14)25-11-18(19,20)21/h2-7,9,12H,8,10-11H2,1H3/t12-/m0/s1. The van der Waals surface area contributed by atoms with E-state index in [0.29, 0.717) is 12.5 Å². The summed E-state index contributed by atoms with van der Waals surface area (Å²) in [7, 11) is 0. The first-order valence-electron chi connectivity index (χ1n) is 7.92. The quantitative estimate of drug-likeness (QED) is 0.834. The maximum Gasteiger partial charge on any atom is 0.422 e. The van der Waals surface area contributed by atoms with Crippen molar-refractivity contribution < 1.29 is 22.7 Å². The van der Waals surface area contributed by atoms with Gasteiger partial charge >= 0.3 is 6.18 Å². The average molecular weight is 350 g/mol. The highest BCUT2D eigenvalue weighted by molar-refractivity contribution is 6.08. The monoisotopic (exact) mass is 350 g/mol. The Bertz CT molecular complexity index is 777. The van der Waals surface area contributed by atoms with Crippen molar-refractivity contribution in [3.05, 3.63) is 53.7 Å². The summed E-state index contributed by atoms with van der Waals surface area (Å²) in [4.78, 5) is 18.3. The second kappa shape index (κ2) is 6.74. The normalized spacial score (nSPS) is 17.1. The fourth-order valence-electron chi connectivity index (χ4n) is 2.92. The summed E-state index contributed by atoms with van der Waals surface area (Å²) in [6.45, 7) is 1.09. The van der Waals surface area contributed by atoms with Crippen molar-refractivity contribution in [2.45, 2.75) is 25.4 Å². The first-order chi connectivity index (χ1) is 11.9. The second-order valence-electron chi connectivity index (χ2n) is 5.97. The molecule has 2 heterocycles. The van der Waals surface area contributed by atoms with Crippen LogP contribution >= 0.6 is 0 Å². The lowest BCUT2D eigenvalue weighted by atomic mass is 9.91. The number of carbonyl (C=O) groups excluding carboxylic acids is 1. The van der Waals surface area contributed by atoms with E-state index in [1.807, 2.05) is 24.3 Å². The van der Waals surface area contributed by atoms with Crippen LogP contribution in [0.4, 0.5) is 18.9 Å². The fraction of sp³-hybridized carbons (Fsp3) is 0.333. The van der Waals surface area contributed by atoms with Gasteiger partial charge in [-0.3, -0.25) is 4.79 Å². The summed E-state index contributed by atoms with van der Waals surface area (Å²) in [5.74, 6) is -0.402. The molecule has 0 bridgehead atoms. The van der Waals surface area contributed by atoms with Gasteiger partial charge in [-0.05, 0) is 36.1 Å². The third-order valence-corrected chi connectivity index (χ3v) is 4.16. The number of hydrogen-bond acceptors (Lipinski definition) is 3. The molecule has 3 rings (SSSR count).